The molecule has 12 heteroatoms. The van der Waals surface area contributed by atoms with Gasteiger partial charge in [-0.2, -0.15) is 0 Å². The predicted octanol–water partition coefficient (Wildman–Crippen LogP) is 6.62. The van der Waals surface area contributed by atoms with Crippen LogP contribution < -0.4 is 15.0 Å². The van der Waals surface area contributed by atoms with Crippen LogP contribution in [0.1, 0.15) is 46.6 Å². The molecule has 1 aliphatic carbocycles. The van der Waals surface area contributed by atoms with Crippen LogP contribution in [0.5, 0.6) is 11.6 Å². The summed E-state index contributed by atoms with van der Waals surface area (Å²) in [5.74, 6) is -0.0522. The smallest absolute Gasteiger partial charge is 0.341 e. The fourth-order valence-corrected chi connectivity index (χ4v) is 8.27. The van der Waals surface area contributed by atoms with Crippen molar-refractivity contribution in [3.63, 3.8) is 0 Å². The maximum Gasteiger partial charge on any atom is 0.341 e. The molecule has 3 aromatic carbocycles. The van der Waals surface area contributed by atoms with Gasteiger partial charge < -0.3 is 14.6 Å². The van der Waals surface area contributed by atoms with Crippen LogP contribution in [0.15, 0.2) is 87.5 Å². The van der Waals surface area contributed by atoms with Crippen LogP contribution in [0, 0.1) is 5.92 Å². The predicted molar refractivity (Wildman–Crippen MR) is 184 cm³/mol. The average molecular weight is 672 g/mol. The van der Waals surface area contributed by atoms with E-state index in [9.17, 15) is 23.1 Å². The number of hydrogen-bond donors (Lipinski definition) is 2. The highest BCUT2D eigenvalue weighted by atomic mass is 32.2. The molecule has 242 valence electrons. The van der Waals surface area contributed by atoms with Gasteiger partial charge in [0.05, 0.1) is 41.1 Å². The van der Waals surface area contributed by atoms with E-state index < -0.39 is 27.4 Å². The van der Waals surface area contributed by atoms with E-state index in [4.69, 9.17) is 14.5 Å². The third-order valence-electron chi connectivity index (χ3n) is 8.12. The SMILES string of the molecule is CCOC(=O)c1c(N=Cc2c(O)n(-c3cccc(S(=O)(=O)Nc4ccccc4OC)c3)c(=O)c3ccccc23)sc2c1CCC(C)C2. The minimum absolute atomic E-state index is 0.128. The van der Waals surface area contributed by atoms with Gasteiger partial charge >= 0.3 is 5.97 Å². The lowest BCUT2D eigenvalue weighted by Gasteiger charge is -2.18. The Morgan fingerprint density at radius 3 is 2.62 bits per heavy atom. The van der Waals surface area contributed by atoms with Crippen molar-refractivity contribution >= 4 is 55.0 Å². The molecule has 10 nitrogen and oxygen atoms in total. The molecule has 5 aromatic rings. The van der Waals surface area contributed by atoms with Crippen molar-refractivity contribution in [3.8, 4) is 17.3 Å². The molecule has 0 saturated heterocycles. The number of hydrogen-bond acceptors (Lipinski definition) is 9. The number of esters is 1. The van der Waals surface area contributed by atoms with Gasteiger partial charge in [-0.3, -0.25) is 9.52 Å². The highest BCUT2D eigenvalue weighted by Crippen LogP contribution is 2.42. The molecule has 2 N–H and O–H groups in total. The average Bonchev–Trinajstić information content (AvgIpc) is 3.42. The summed E-state index contributed by atoms with van der Waals surface area (Å²) in [4.78, 5) is 32.5. The fraction of sp³-hybridized carbons (Fsp3) is 0.229. The number of nitrogens with one attached hydrogen (secondary N) is 1. The Morgan fingerprint density at radius 1 is 1.11 bits per heavy atom. The van der Waals surface area contributed by atoms with E-state index in [1.807, 2.05) is 0 Å². The van der Waals surface area contributed by atoms with Crippen molar-refractivity contribution < 1.29 is 27.8 Å². The van der Waals surface area contributed by atoms with Gasteiger partial charge in [-0.15, -0.1) is 11.3 Å². The van der Waals surface area contributed by atoms with Crippen LogP contribution in [0.25, 0.3) is 16.5 Å². The van der Waals surface area contributed by atoms with Crippen LogP contribution >= 0.6 is 11.3 Å². The number of carbonyl (C=O) groups excluding carboxylic acids is 1. The normalized spacial score (nSPS) is 14.7. The lowest BCUT2D eigenvalue weighted by Crippen LogP contribution is -2.21. The highest BCUT2D eigenvalue weighted by molar-refractivity contribution is 7.92. The Hall–Kier alpha value is -4.94. The lowest BCUT2D eigenvalue weighted by molar-refractivity contribution is 0.0526. The van der Waals surface area contributed by atoms with Crippen molar-refractivity contribution in [1.29, 1.82) is 0 Å². The zero-order chi connectivity index (χ0) is 33.3. The van der Waals surface area contributed by atoms with Crippen molar-refractivity contribution in [2.45, 2.75) is 38.0 Å². The molecule has 2 aromatic heterocycles. The summed E-state index contributed by atoms with van der Waals surface area (Å²) >= 11 is 1.43. The summed E-state index contributed by atoms with van der Waals surface area (Å²) in [7, 11) is -2.68. The number of aliphatic imine (C=N–C) groups is 1. The Morgan fingerprint density at radius 2 is 1.85 bits per heavy atom. The number of anilines is 1. The van der Waals surface area contributed by atoms with E-state index in [-0.39, 0.29) is 33.8 Å². The van der Waals surface area contributed by atoms with E-state index in [0.29, 0.717) is 27.6 Å². The Labute approximate surface area is 276 Å². The zero-order valence-electron chi connectivity index (χ0n) is 26.0. The minimum Gasteiger partial charge on any atom is -0.495 e. The number of sulfonamides is 1. The monoisotopic (exact) mass is 671 g/mol. The van der Waals surface area contributed by atoms with Crippen molar-refractivity contribution in [2.24, 2.45) is 10.9 Å². The zero-order valence-corrected chi connectivity index (χ0v) is 27.7. The molecule has 0 amide bonds. The first-order chi connectivity index (χ1) is 22.6. The Balaban J connectivity index is 1.47. The van der Waals surface area contributed by atoms with Gasteiger partial charge in [0.25, 0.3) is 15.6 Å². The maximum atomic E-state index is 13.8. The number of pyridine rings is 1. The van der Waals surface area contributed by atoms with Crippen LogP contribution in [0.3, 0.4) is 0 Å². The molecule has 1 aliphatic rings. The largest absolute Gasteiger partial charge is 0.495 e. The quantitative estimate of drug-likeness (QED) is 0.133. The van der Waals surface area contributed by atoms with E-state index in [1.165, 1.54) is 48.9 Å². The second-order valence-corrected chi connectivity index (χ2v) is 14.0. The molecule has 0 radical (unpaired) electrons. The van der Waals surface area contributed by atoms with Crippen molar-refractivity contribution in [1.82, 2.24) is 4.57 Å². The van der Waals surface area contributed by atoms with Gasteiger partial charge in [-0.25, -0.2) is 22.8 Å². The van der Waals surface area contributed by atoms with Crippen LogP contribution in [0.4, 0.5) is 10.7 Å². The molecule has 47 heavy (non-hydrogen) atoms. The number of aromatic nitrogens is 1. The van der Waals surface area contributed by atoms with Gasteiger partial charge in [0.1, 0.15) is 10.8 Å². The maximum absolute atomic E-state index is 13.8. The van der Waals surface area contributed by atoms with Gasteiger partial charge in [0, 0.05) is 21.9 Å². The van der Waals surface area contributed by atoms with E-state index in [0.717, 1.165) is 34.3 Å². The first-order valence-corrected chi connectivity index (χ1v) is 17.4. The molecule has 0 bridgehead atoms. The first kappa shape index (κ1) is 32.0. The number of aromatic hydroxyl groups is 1. The van der Waals surface area contributed by atoms with Crippen molar-refractivity contribution in [3.05, 3.63) is 105 Å². The molecular weight excluding hydrogens is 639 g/mol. The second kappa shape index (κ2) is 13.0. The summed E-state index contributed by atoms with van der Waals surface area (Å²) in [6.07, 6.45) is 3.99. The minimum atomic E-state index is -4.12. The Kier molecular flexibility index (Phi) is 8.89. The van der Waals surface area contributed by atoms with Gasteiger partial charge in [0.2, 0.25) is 5.88 Å². The third kappa shape index (κ3) is 6.13. The molecule has 1 atom stereocenters. The summed E-state index contributed by atoms with van der Waals surface area (Å²) < 4.78 is 41.1. The number of rotatable bonds is 9. The molecule has 0 saturated carbocycles. The number of para-hydroxylation sites is 2. The molecule has 0 fully saturated rings. The standard InChI is InChI=1S/C35H33N3O7S2/c1-4-45-35(41)31-26-17-16-21(2)18-30(26)46-32(31)36-20-27-24-12-5-6-13-25(24)33(39)38(34(27)40)22-10-9-11-23(19-22)47(42,43)37-28-14-7-8-15-29(28)44-3/h5-15,19-21,37,40H,4,16-18H2,1-3H3. The second-order valence-electron chi connectivity index (χ2n) is 11.2. The molecule has 0 spiro atoms. The summed E-state index contributed by atoms with van der Waals surface area (Å²) in [6, 6.07) is 19.1. The molecular formula is C35H33N3O7S2. The summed E-state index contributed by atoms with van der Waals surface area (Å²) in [5, 5.41) is 12.9. The van der Waals surface area contributed by atoms with Gasteiger partial charge in [0.15, 0.2) is 0 Å². The lowest BCUT2D eigenvalue weighted by atomic mass is 9.88. The number of methoxy groups -OCH3 is 1. The van der Waals surface area contributed by atoms with Crippen LogP contribution in [-0.2, 0) is 27.6 Å². The number of ether oxygens (including phenoxy) is 2. The highest BCUT2D eigenvalue weighted by Gasteiger charge is 2.28. The molecule has 0 aliphatic heterocycles. The summed E-state index contributed by atoms with van der Waals surface area (Å²) in [5.41, 5.74) is 1.45. The van der Waals surface area contributed by atoms with Crippen LogP contribution in [-0.4, -0.2) is 44.0 Å². The molecule has 2 heterocycles. The fourth-order valence-electron chi connectivity index (χ4n) is 5.82. The van der Waals surface area contributed by atoms with Crippen LogP contribution in [0.2, 0.25) is 0 Å². The number of carbonyl (C=O) groups is 1. The summed E-state index contributed by atoms with van der Waals surface area (Å²) in [6.45, 7) is 4.16. The molecule has 6 rings (SSSR count). The number of thiophene rings is 1. The van der Waals surface area contributed by atoms with E-state index >= 15 is 0 Å². The van der Waals surface area contributed by atoms with Gasteiger partial charge in [-0.1, -0.05) is 43.3 Å². The molecule has 1 unspecified atom stereocenters. The Bertz CT molecular complexity index is 2200. The van der Waals surface area contributed by atoms with Gasteiger partial charge in [-0.05, 0) is 74.1 Å². The number of benzene rings is 3. The number of nitrogens with zero attached hydrogens (tertiary/aromatic N) is 2. The van der Waals surface area contributed by atoms with E-state index in [2.05, 4.69) is 11.6 Å². The van der Waals surface area contributed by atoms with E-state index in [1.54, 1.807) is 55.5 Å². The van der Waals surface area contributed by atoms with Crippen molar-refractivity contribution in [2.75, 3.05) is 18.4 Å². The number of fused-ring (bicyclic) bond motifs is 2. The topological polar surface area (TPSA) is 136 Å². The third-order valence-corrected chi connectivity index (χ3v) is 10.6. The first-order valence-electron chi connectivity index (χ1n) is 15.1.